The van der Waals surface area contributed by atoms with Crippen LogP contribution in [0.3, 0.4) is 0 Å². The van der Waals surface area contributed by atoms with Gasteiger partial charge in [-0.25, -0.2) is 24.0 Å². The van der Waals surface area contributed by atoms with E-state index in [2.05, 4.69) is 0 Å². The summed E-state index contributed by atoms with van der Waals surface area (Å²) in [4.78, 5) is 77.3. The number of hydrogen-bond donors (Lipinski definition) is 0. The average Bonchev–Trinajstić information content (AvgIpc) is 2.88. The summed E-state index contributed by atoms with van der Waals surface area (Å²) in [6, 6.07) is 7.47. The standard InChI is InChI=1S/C26H33NO11/c1-7-27-14(2)22(29)38-20(13-19-11-9-8-10-12-19)26(33)37-18(6)25(32)36-17(5)24(31)35-16(4)23(30)34-15(3)21(27)28/h8-12,14-18,20H,7,13H2,1-6H3/t14-,15-,16-,17-,18-,20-/m0/s1. The molecule has 1 saturated heterocycles. The van der Waals surface area contributed by atoms with Crippen LogP contribution in [0.15, 0.2) is 30.3 Å². The first-order valence-electron chi connectivity index (χ1n) is 12.2. The van der Waals surface area contributed by atoms with Crippen molar-refractivity contribution in [1.82, 2.24) is 4.90 Å². The van der Waals surface area contributed by atoms with E-state index in [9.17, 15) is 28.8 Å². The quantitative estimate of drug-likeness (QED) is 0.404. The average molecular weight is 536 g/mol. The Morgan fingerprint density at radius 2 is 1.05 bits per heavy atom. The molecule has 12 nitrogen and oxygen atoms in total. The van der Waals surface area contributed by atoms with Crippen molar-refractivity contribution in [2.24, 2.45) is 0 Å². The molecule has 38 heavy (non-hydrogen) atoms. The summed E-state index contributed by atoms with van der Waals surface area (Å²) in [6.07, 6.45) is -7.22. The van der Waals surface area contributed by atoms with Crippen LogP contribution < -0.4 is 0 Å². The molecule has 0 saturated carbocycles. The Morgan fingerprint density at radius 1 is 0.605 bits per heavy atom. The largest absolute Gasteiger partial charge is 0.450 e. The van der Waals surface area contributed by atoms with E-state index in [4.69, 9.17) is 23.7 Å². The van der Waals surface area contributed by atoms with Crippen molar-refractivity contribution in [2.45, 2.75) is 84.5 Å². The Bertz CT molecular complexity index is 1040. The molecule has 1 amide bonds. The van der Waals surface area contributed by atoms with Crippen LogP contribution in [0.5, 0.6) is 0 Å². The van der Waals surface area contributed by atoms with Crippen LogP contribution in [-0.2, 0) is 58.9 Å². The number of esters is 5. The number of benzene rings is 1. The van der Waals surface area contributed by atoms with Gasteiger partial charge in [0.25, 0.3) is 5.91 Å². The van der Waals surface area contributed by atoms with E-state index >= 15 is 0 Å². The molecule has 0 aromatic heterocycles. The fourth-order valence-corrected chi connectivity index (χ4v) is 3.48. The maximum atomic E-state index is 13.0. The Morgan fingerprint density at radius 3 is 1.53 bits per heavy atom. The van der Waals surface area contributed by atoms with E-state index in [-0.39, 0.29) is 13.0 Å². The molecule has 12 heteroatoms. The zero-order valence-electron chi connectivity index (χ0n) is 22.2. The second-order valence-corrected chi connectivity index (χ2v) is 8.73. The number of cyclic esters (lactones) is 5. The Labute approximate surface area is 220 Å². The van der Waals surface area contributed by atoms with Gasteiger partial charge in [0.1, 0.15) is 6.04 Å². The molecule has 1 fully saturated rings. The predicted octanol–water partition coefficient (Wildman–Crippen LogP) is 1.12. The molecule has 0 spiro atoms. The minimum Gasteiger partial charge on any atom is -0.450 e. The maximum Gasteiger partial charge on any atom is 0.348 e. The van der Waals surface area contributed by atoms with Crippen LogP contribution in [-0.4, -0.2) is 83.8 Å². The van der Waals surface area contributed by atoms with E-state index in [0.29, 0.717) is 5.56 Å². The van der Waals surface area contributed by atoms with Gasteiger partial charge in [0, 0.05) is 13.0 Å². The van der Waals surface area contributed by atoms with Crippen molar-refractivity contribution in [3.63, 3.8) is 0 Å². The fourth-order valence-electron chi connectivity index (χ4n) is 3.48. The minimum atomic E-state index is -1.47. The molecule has 0 aliphatic carbocycles. The zero-order chi connectivity index (χ0) is 28.6. The SMILES string of the molecule is CCN1C(=O)[C@H](C)OC(=O)[C@H](C)OC(=O)[C@H](C)OC(=O)[C@H](C)OC(=O)[C@H](Cc2ccccc2)OC(=O)[C@@H]1C. The van der Waals surface area contributed by atoms with Crippen molar-refractivity contribution >= 4 is 35.8 Å². The predicted molar refractivity (Wildman–Crippen MR) is 129 cm³/mol. The third kappa shape index (κ3) is 8.02. The summed E-state index contributed by atoms with van der Waals surface area (Å²) >= 11 is 0. The highest BCUT2D eigenvalue weighted by atomic mass is 16.6. The number of nitrogens with zero attached hydrogens (tertiary/aromatic N) is 1. The summed E-state index contributed by atoms with van der Waals surface area (Å²) in [6.45, 7) is 8.01. The molecule has 208 valence electrons. The normalized spacial score (nSPS) is 28.7. The van der Waals surface area contributed by atoms with Gasteiger partial charge < -0.3 is 28.6 Å². The summed E-state index contributed by atoms with van der Waals surface area (Å²) < 4.78 is 25.8. The first-order valence-corrected chi connectivity index (χ1v) is 12.2. The van der Waals surface area contributed by atoms with E-state index in [1.807, 2.05) is 0 Å². The Balaban J connectivity index is 2.40. The van der Waals surface area contributed by atoms with Gasteiger partial charge in [-0.15, -0.1) is 0 Å². The van der Waals surface area contributed by atoms with Crippen molar-refractivity contribution < 1.29 is 52.5 Å². The molecule has 0 radical (unpaired) electrons. The Hall–Kier alpha value is -3.96. The number of rotatable bonds is 3. The highest BCUT2D eigenvalue weighted by molar-refractivity contribution is 5.90. The first kappa shape index (κ1) is 30.3. The zero-order valence-corrected chi connectivity index (χ0v) is 22.2. The van der Waals surface area contributed by atoms with Crippen LogP contribution >= 0.6 is 0 Å². The third-order valence-corrected chi connectivity index (χ3v) is 5.73. The van der Waals surface area contributed by atoms with Crippen LogP contribution in [0.4, 0.5) is 0 Å². The monoisotopic (exact) mass is 535 g/mol. The van der Waals surface area contributed by atoms with Crippen molar-refractivity contribution in [3.8, 4) is 0 Å². The molecule has 0 unspecified atom stereocenters. The molecule has 1 aliphatic rings. The number of carbonyl (C=O) groups is 6. The summed E-state index contributed by atoms with van der Waals surface area (Å²) in [7, 11) is 0. The van der Waals surface area contributed by atoms with Gasteiger partial charge in [-0.3, -0.25) is 4.79 Å². The van der Waals surface area contributed by atoms with Gasteiger partial charge in [-0.05, 0) is 47.1 Å². The molecule has 1 aliphatic heterocycles. The first-order chi connectivity index (χ1) is 17.8. The van der Waals surface area contributed by atoms with Gasteiger partial charge >= 0.3 is 29.8 Å². The van der Waals surface area contributed by atoms with Crippen molar-refractivity contribution in [3.05, 3.63) is 35.9 Å². The summed E-state index contributed by atoms with van der Waals surface area (Å²) in [5, 5.41) is 0. The van der Waals surface area contributed by atoms with Crippen LogP contribution in [0.25, 0.3) is 0 Å². The topological polar surface area (TPSA) is 152 Å². The number of ether oxygens (including phenoxy) is 5. The second kappa shape index (κ2) is 13.5. The molecule has 0 bridgehead atoms. The van der Waals surface area contributed by atoms with Crippen LogP contribution in [0.2, 0.25) is 0 Å². The number of carbonyl (C=O) groups excluding carboxylic acids is 6. The third-order valence-electron chi connectivity index (χ3n) is 5.73. The molecule has 0 N–H and O–H groups in total. The van der Waals surface area contributed by atoms with Crippen molar-refractivity contribution in [1.29, 1.82) is 0 Å². The van der Waals surface area contributed by atoms with Crippen LogP contribution in [0, 0.1) is 0 Å². The second-order valence-electron chi connectivity index (χ2n) is 8.73. The molecular formula is C26H33NO11. The highest BCUT2D eigenvalue weighted by Crippen LogP contribution is 2.15. The molecular weight excluding hydrogens is 502 g/mol. The van der Waals surface area contributed by atoms with Gasteiger partial charge in [0.15, 0.2) is 24.4 Å². The molecule has 1 heterocycles. The summed E-state index contributed by atoms with van der Waals surface area (Å²) in [5.74, 6) is -5.78. The van der Waals surface area contributed by atoms with E-state index in [1.54, 1.807) is 37.3 Å². The number of likely N-dealkylation sites (N-methyl/N-ethyl adjacent to an activating group) is 1. The van der Waals surface area contributed by atoms with Gasteiger partial charge in [0.2, 0.25) is 6.10 Å². The number of amides is 1. The van der Waals surface area contributed by atoms with E-state index < -0.39 is 72.3 Å². The van der Waals surface area contributed by atoms with Crippen molar-refractivity contribution in [2.75, 3.05) is 6.54 Å². The lowest BCUT2D eigenvalue weighted by atomic mass is 10.1. The molecule has 2 rings (SSSR count). The molecule has 1 aromatic rings. The summed E-state index contributed by atoms with van der Waals surface area (Å²) in [5.41, 5.74) is 0.640. The lowest BCUT2D eigenvalue weighted by molar-refractivity contribution is -0.188. The fraction of sp³-hybridized carbons (Fsp3) is 0.538. The number of hydrogen-bond acceptors (Lipinski definition) is 11. The molecule has 6 atom stereocenters. The maximum absolute atomic E-state index is 13.0. The Kier molecular flexibility index (Phi) is 10.8. The highest BCUT2D eigenvalue weighted by Gasteiger charge is 2.37. The van der Waals surface area contributed by atoms with Crippen LogP contribution in [0.1, 0.15) is 47.1 Å². The lowest BCUT2D eigenvalue weighted by Crippen LogP contribution is -2.50. The van der Waals surface area contributed by atoms with Gasteiger partial charge in [-0.1, -0.05) is 30.3 Å². The van der Waals surface area contributed by atoms with E-state index in [0.717, 1.165) is 4.90 Å². The minimum absolute atomic E-state index is 0.0513. The lowest BCUT2D eigenvalue weighted by Gasteiger charge is -2.30. The smallest absolute Gasteiger partial charge is 0.348 e. The van der Waals surface area contributed by atoms with E-state index in [1.165, 1.54) is 34.6 Å². The van der Waals surface area contributed by atoms with Gasteiger partial charge in [-0.2, -0.15) is 0 Å². The molecule has 1 aromatic carbocycles. The van der Waals surface area contributed by atoms with Gasteiger partial charge in [0.05, 0.1) is 0 Å².